The molecular formula is C20H27F. The molecule has 2 aromatic carbocycles. The standard InChI is InChI=1S/C19H21F.CH4.H2/c1-14-2-4-15(5-3-14)16-6-8-17(9-7-16)18-10-12-19(20)13-11-18;;/h6-15H,2-5H2,1H3;1H4;1H. The maximum absolute atomic E-state index is 12.9. The van der Waals surface area contributed by atoms with Crippen LogP contribution < -0.4 is 0 Å². The third-order valence-corrected chi connectivity index (χ3v) is 4.58. The first-order chi connectivity index (χ1) is 9.72. The Morgan fingerprint density at radius 1 is 0.810 bits per heavy atom. The van der Waals surface area contributed by atoms with Crippen LogP contribution in [0.1, 0.15) is 52.9 Å². The second kappa shape index (κ2) is 6.89. The van der Waals surface area contributed by atoms with Crippen molar-refractivity contribution in [1.82, 2.24) is 0 Å². The Balaban J connectivity index is 0.00000121. The van der Waals surface area contributed by atoms with Crippen LogP contribution in [0.3, 0.4) is 0 Å². The van der Waals surface area contributed by atoms with Crippen molar-refractivity contribution >= 4 is 0 Å². The number of hydrogen-bond acceptors (Lipinski definition) is 0. The van der Waals surface area contributed by atoms with E-state index in [0.29, 0.717) is 0 Å². The van der Waals surface area contributed by atoms with Crippen molar-refractivity contribution in [1.29, 1.82) is 0 Å². The van der Waals surface area contributed by atoms with Crippen molar-refractivity contribution in [3.8, 4) is 11.1 Å². The molecule has 0 aliphatic heterocycles. The van der Waals surface area contributed by atoms with E-state index in [-0.39, 0.29) is 14.7 Å². The third kappa shape index (κ3) is 3.72. The van der Waals surface area contributed by atoms with Gasteiger partial charge in [0, 0.05) is 1.43 Å². The van der Waals surface area contributed by atoms with E-state index in [9.17, 15) is 4.39 Å². The van der Waals surface area contributed by atoms with Crippen LogP contribution in [0, 0.1) is 11.7 Å². The summed E-state index contributed by atoms with van der Waals surface area (Å²) in [4.78, 5) is 0. The molecule has 1 saturated carbocycles. The van der Waals surface area contributed by atoms with Gasteiger partial charge in [0.05, 0.1) is 0 Å². The highest BCUT2D eigenvalue weighted by Gasteiger charge is 2.19. The summed E-state index contributed by atoms with van der Waals surface area (Å²) < 4.78 is 12.9. The summed E-state index contributed by atoms with van der Waals surface area (Å²) in [6, 6.07) is 15.6. The fourth-order valence-electron chi connectivity index (χ4n) is 3.18. The number of halogens is 1. The van der Waals surface area contributed by atoms with Gasteiger partial charge in [0.15, 0.2) is 0 Å². The Kier molecular flexibility index (Phi) is 5.17. The van der Waals surface area contributed by atoms with Crippen molar-refractivity contribution in [2.24, 2.45) is 5.92 Å². The van der Waals surface area contributed by atoms with E-state index < -0.39 is 0 Å². The van der Waals surface area contributed by atoms with E-state index in [1.807, 2.05) is 12.1 Å². The monoisotopic (exact) mass is 286 g/mol. The zero-order valence-corrected chi connectivity index (χ0v) is 12.0. The molecule has 0 bridgehead atoms. The molecule has 1 aliphatic rings. The fraction of sp³-hybridized carbons (Fsp3) is 0.400. The molecule has 1 aliphatic carbocycles. The van der Waals surface area contributed by atoms with Gasteiger partial charge in [0.2, 0.25) is 0 Å². The molecule has 1 heteroatoms. The van der Waals surface area contributed by atoms with Gasteiger partial charge in [-0.05, 0) is 53.5 Å². The largest absolute Gasteiger partial charge is 0.207 e. The smallest absolute Gasteiger partial charge is 0.123 e. The number of benzene rings is 2. The molecule has 0 nitrogen and oxygen atoms in total. The third-order valence-electron chi connectivity index (χ3n) is 4.58. The molecule has 0 atom stereocenters. The van der Waals surface area contributed by atoms with E-state index in [1.165, 1.54) is 43.4 Å². The van der Waals surface area contributed by atoms with Gasteiger partial charge in [-0.15, -0.1) is 0 Å². The Labute approximate surface area is 129 Å². The quantitative estimate of drug-likeness (QED) is 0.578. The maximum atomic E-state index is 12.9. The summed E-state index contributed by atoms with van der Waals surface area (Å²) in [6.45, 7) is 2.36. The van der Waals surface area contributed by atoms with E-state index in [0.717, 1.165) is 23.0 Å². The summed E-state index contributed by atoms with van der Waals surface area (Å²) in [7, 11) is 0. The zero-order valence-electron chi connectivity index (χ0n) is 12.0. The second-order valence-electron chi connectivity index (χ2n) is 6.09. The predicted molar refractivity (Wildman–Crippen MR) is 91.1 cm³/mol. The highest BCUT2D eigenvalue weighted by molar-refractivity contribution is 5.63. The highest BCUT2D eigenvalue weighted by atomic mass is 19.1. The van der Waals surface area contributed by atoms with Crippen LogP contribution in [-0.2, 0) is 0 Å². The van der Waals surface area contributed by atoms with Crippen molar-refractivity contribution in [3.63, 3.8) is 0 Å². The Hall–Kier alpha value is -1.63. The molecular weight excluding hydrogens is 259 g/mol. The zero-order chi connectivity index (χ0) is 13.9. The van der Waals surface area contributed by atoms with Gasteiger partial charge < -0.3 is 0 Å². The fourth-order valence-corrected chi connectivity index (χ4v) is 3.18. The summed E-state index contributed by atoms with van der Waals surface area (Å²) >= 11 is 0. The molecule has 2 aromatic rings. The molecule has 0 unspecified atom stereocenters. The highest BCUT2D eigenvalue weighted by Crippen LogP contribution is 2.36. The molecule has 0 saturated heterocycles. The Morgan fingerprint density at radius 3 is 1.81 bits per heavy atom. The van der Waals surface area contributed by atoms with Gasteiger partial charge >= 0.3 is 0 Å². The maximum Gasteiger partial charge on any atom is 0.123 e. The van der Waals surface area contributed by atoms with Crippen LogP contribution in [0.5, 0.6) is 0 Å². The average molecular weight is 286 g/mol. The lowest BCUT2D eigenvalue weighted by Gasteiger charge is -2.26. The topological polar surface area (TPSA) is 0 Å². The van der Waals surface area contributed by atoms with E-state index in [4.69, 9.17) is 0 Å². The van der Waals surface area contributed by atoms with Gasteiger partial charge in [0.1, 0.15) is 5.82 Å². The lowest BCUT2D eigenvalue weighted by atomic mass is 9.79. The molecule has 114 valence electrons. The van der Waals surface area contributed by atoms with Crippen molar-refractivity contribution in [3.05, 3.63) is 59.9 Å². The van der Waals surface area contributed by atoms with Crippen LogP contribution in [0.4, 0.5) is 4.39 Å². The Bertz CT molecular complexity index is 551. The first kappa shape index (κ1) is 15.8. The summed E-state index contributed by atoms with van der Waals surface area (Å²) in [5.74, 6) is 1.44. The molecule has 21 heavy (non-hydrogen) atoms. The van der Waals surface area contributed by atoms with Gasteiger partial charge in [0.25, 0.3) is 0 Å². The summed E-state index contributed by atoms with van der Waals surface area (Å²) in [5.41, 5.74) is 3.70. The summed E-state index contributed by atoms with van der Waals surface area (Å²) in [5, 5.41) is 0. The molecule has 0 heterocycles. The number of rotatable bonds is 2. The van der Waals surface area contributed by atoms with Crippen molar-refractivity contribution in [2.75, 3.05) is 0 Å². The molecule has 0 radical (unpaired) electrons. The van der Waals surface area contributed by atoms with Gasteiger partial charge in [-0.3, -0.25) is 0 Å². The van der Waals surface area contributed by atoms with Gasteiger partial charge in [-0.1, -0.05) is 63.6 Å². The first-order valence-corrected chi connectivity index (χ1v) is 7.58. The van der Waals surface area contributed by atoms with Crippen LogP contribution in [0.2, 0.25) is 0 Å². The SMILES string of the molecule is C.CC1CCC(c2ccc(-c3ccc(F)cc3)cc2)CC1.[HH]. The normalized spacial score (nSPS) is 21.6. The minimum Gasteiger partial charge on any atom is -0.207 e. The van der Waals surface area contributed by atoms with E-state index in [1.54, 1.807) is 0 Å². The lowest BCUT2D eigenvalue weighted by molar-refractivity contribution is 0.348. The predicted octanol–water partition coefficient (Wildman–Crippen LogP) is 6.67. The average Bonchev–Trinajstić information content (AvgIpc) is 2.49. The van der Waals surface area contributed by atoms with Gasteiger partial charge in [-0.2, -0.15) is 0 Å². The van der Waals surface area contributed by atoms with Crippen LogP contribution in [-0.4, -0.2) is 0 Å². The second-order valence-corrected chi connectivity index (χ2v) is 6.09. The molecule has 3 rings (SSSR count). The van der Waals surface area contributed by atoms with Crippen LogP contribution >= 0.6 is 0 Å². The molecule has 0 aromatic heterocycles. The number of hydrogen-bond donors (Lipinski definition) is 0. The van der Waals surface area contributed by atoms with Crippen LogP contribution in [0.15, 0.2) is 48.5 Å². The molecule has 1 fully saturated rings. The Morgan fingerprint density at radius 2 is 1.29 bits per heavy atom. The minimum atomic E-state index is -0.179. The van der Waals surface area contributed by atoms with Crippen LogP contribution in [0.25, 0.3) is 11.1 Å². The first-order valence-electron chi connectivity index (χ1n) is 7.58. The molecule has 0 N–H and O–H groups in total. The summed E-state index contributed by atoms with van der Waals surface area (Å²) in [6.07, 6.45) is 5.34. The molecule has 0 amide bonds. The lowest BCUT2D eigenvalue weighted by Crippen LogP contribution is -2.10. The van der Waals surface area contributed by atoms with E-state index in [2.05, 4.69) is 31.2 Å². The van der Waals surface area contributed by atoms with Gasteiger partial charge in [-0.25, -0.2) is 4.39 Å². The van der Waals surface area contributed by atoms with E-state index >= 15 is 0 Å². The van der Waals surface area contributed by atoms with Crippen molar-refractivity contribution in [2.45, 2.75) is 46.0 Å². The molecule has 0 spiro atoms. The van der Waals surface area contributed by atoms with Crippen molar-refractivity contribution < 1.29 is 5.82 Å². The minimum absolute atomic E-state index is 0.